The highest BCUT2D eigenvalue weighted by Gasteiger charge is 2.40. The van der Waals surface area contributed by atoms with Gasteiger partial charge >= 0.3 is 0 Å². The molecule has 1 aliphatic rings. The first-order valence-corrected chi connectivity index (χ1v) is 8.59. The fourth-order valence-corrected chi connectivity index (χ4v) is 2.62. The van der Waals surface area contributed by atoms with Gasteiger partial charge in [-0.3, -0.25) is 0 Å². The molecule has 0 radical (unpaired) electrons. The quantitative estimate of drug-likeness (QED) is 0.380. The Labute approximate surface area is 133 Å². The van der Waals surface area contributed by atoms with E-state index >= 15 is 0 Å². The summed E-state index contributed by atoms with van der Waals surface area (Å²) in [7, 11) is 0. The average molecular weight is 316 g/mol. The molecule has 1 rings (SSSR count). The molecule has 0 unspecified atom stereocenters. The summed E-state index contributed by atoms with van der Waals surface area (Å²) in [5.41, 5.74) is 0. The maximum atomic E-state index is 9.73. The zero-order valence-electron chi connectivity index (χ0n) is 13.7. The molecule has 0 saturated carbocycles. The summed E-state index contributed by atoms with van der Waals surface area (Å²) >= 11 is 0. The maximum absolute atomic E-state index is 9.73. The summed E-state index contributed by atoms with van der Waals surface area (Å²) < 4.78 is 10.7. The van der Waals surface area contributed by atoms with E-state index in [1.807, 2.05) is 6.08 Å². The lowest BCUT2D eigenvalue weighted by Gasteiger charge is -2.23. The van der Waals surface area contributed by atoms with Gasteiger partial charge in [-0.1, -0.05) is 45.4 Å². The predicted molar refractivity (Wildman–Crippen MR) is 85.5 cm³/mol. The number of aliphatic hydroxyl groups is 3. The van der Waals surface area contributed by atoms with E-state index in [2.05, 4.69) is 6.92 Å². The van der Waals surface area contributed by atoms with Crippen LogP contribution < -0.4 is 0 Å². The Bertz CT molecular complexity index is 295. The van der Waals surface area contributed by atoms with Gasteiger partial charge in [-0.2, -0.15) is 0 Å². The minimum Gasteiger partial charge on any atom is -0.493 e. The van der Waals surface area contributed by atoms with Crippen LogP contribution in [0.3, 0.4) is 0 Å². The number of hydrogen-bond acceptors (Lipinski definition) is 5. The van der Waals surface area contributed by atoms with E-state index in [9.17, 15) is 15.3 Å². The molecular weight excluding hydrogens is 284 g/mol. The normalized spacial score (nSPS) is 26.6. The van der Waals surface area contributed by atoms with Crippen molar-refractivity contribution in [3.63, 3.8) is 0 Å². The molecule has 1 heterocycles. The summed E-state index contributed by atoms with van der Waals surface area (Å²) in [5, 5.41) is 28.5. The highest BCUT2D eigenvalue weighted by molar-refractivity contribution is 4.90. The van der Waals surface area contributed by atoms with E-state index in [4.69, 9.17) is 9.47 Å². The third-order valence-electron chi connectivity index (χ3n) is 4.06. The van der Waals surface area contributed by atoms with Gasteiger partial charge in [0.05, 0.1) is 19.5 Å². The third-order valence-corrected chi connectivity index (χ3v) is 4.06. The van der Waals surface area contributed by atoms with Crippen molar-refractivity contribution in [2.24, 2.45) is 0 Å². The van der Waals surface area contributed by atoms with Crippen molar-refractivity contribution >= 4 is 0 Å². The van der Waals surface area contributed by atoms with Gasteiger partial charge in [0.2, 0.25) is 0 Å². The van der Waals surface area contributed by atoms with Gasteiger partial charge in [-0.25, -0.2) is 0 Å². The van der Waals surface area contributed by atoms with Gasteiger partial charge in [0.25, 0.3) is 0 Å². The summed E-state index contributed by atoms with van der Waals surface area (Å²) in [4.78, 5) is 0. The number of aliphatic hydroxyl groups excluding tert-OH is 3. The van der Waals surface area contributed by atoms with E-state index in [0.29, 0.717) is 0 Å². The van der Waals surface area contributed by atoms with Crippen LogP contribution in [0.4, 0.5) is 0 Å². The molecule has 0 aromatic carbocycles. The Balaban J connectivity index is 2.08. The second-order valence-corrected chi connectivity index (χ2v) is 5.99. The zero-order chi connectivity index (χ0) is 16.2. The standard InChI is InChI=1S/C17H32O5/c1-2-3-4-5-6-7-8-9-10-11-21-15(12-18)17-16(20)14(19)13-22-17/h10-11,14-20H,2-9,12-13H2,1H3/b11-10+/t14-,15+,16+,17+/m0/s1. The Morgan fingerprint density at radius 3 is 2.41 bits per heavy atom. The second kappa shape index (κ2) is 11.9. The van der Waals surface area contributed by atoms with E-state index in [-0.39, 0.29) is 13.2 Å². The monoisotopic (exact) mass is 316 g/mol. The Hall–Kier alpha value is -0.620. The Kier molecular flexibility index (Phi) is 10.5. The first-order chi connectivity index (χ1) is 10.7. The van der Waals surface area contributed by atoms with Crippen molar-refractivity contribution in [2.45, 2.75) is 82.7 Å². The molecule has 1 saturated heterocycles. The van der Waals surface area contributed by atoms with E-state index < -0.39 is 24.4 Å². The molecule has 0 spiro atoms. The molecule has 5 nitrogen and oxygen atoms in total. The topological polar surface area (TPSA) is 79.2 Å². The third kappa shape index (κ3) is 7.09. The minimum absolute atomic E-state index is 0.0768. The fourth-order valence-electron chi connectivity index (χ4n) is 2.62. The molecule has 5 heteroatoms. The summed E-state index contributed by atoms with van der Waals surface area (Å²) in [6, 6.07) is 0. The number of allylic oxidation sites excluding steroid dienone is 1. The smallest absolute Gasteiger partial charge is 0.149 e. The van der Waals surface area contributed by atoms with Gasteiger partial charge in [0.1, 0.15) is 24.4 Å². The molecule has 130 valence electrons. The molecule has 0 amide bonds. The van der Waals surface area contributed by atoms with Crippen molar-refractivity contribution < 1.29 is 24.8 Å². The second-order valence-electron chi connectivity index (χ2n) is 5.99. The number of rotatable bonds is 12. The lowest BCUT2D eigenvalue weighted by molar-refractivity contribution is -0.0737. The molecule has 0 aromatic rings. The first kappa shape index (κ1) is 19.4. The van der Waals surface area contributed by atoms with Crippen molar-refractivity contribution in [3.8, 4) is 0 Å². The van der Waals surface area contributed by atoms with Gasteiger partial charge in [0, 0.05) is 0 Å². The van der Waals surface area contributed by atoms with Crippen molar-refractivity contribution in [1.82, 2.24) is 0 Å². The SMILES string of the molecule is CCCCCCCCC/C=C/O[C@H](CO)[C@H]1OC[C@H](O)[C@H]1O. The van der Waals surface area contributed by atoms with Crippen LogP contribution in [0.5, 0.6) is 0 Å². The Morgan fingerprint density at radius 2 is 1.82 bits per heavy atom. The van der Waals surface area contributed by atoms with Gasteiger partial charge in [-0.15, -0.1) is 0 Å². The molecule has 0 bridgehead atoms. The van der Waals surface area contributed by atoms with Crippen LogP contribution >= 0.6 is 0 Å². The van der Waals surface area contributed by atoms with E-state index in [0.717, 1.165) is 12.8 Å². The zero-order valence-corrected chi connectivity index (χ0v) is 13.7. The van der Waals surface area contributed by atoms with Crippen LogP contribution in [-0.2, 0) is 9.47 Å². The molecule has 1 fully saturated rings. The van der Waals surface area contributed by atoms with Gasteiger partial charge in [0.15, 0.2) is 0 Å². The summed E-state index contributed by atoms with van der Waals surface area (Å²) in [5.74, 6) is 0. The number of unbranched alkanes of at least 4 members (excludes halogenated alkanes) is 7. The van der Waals surface area contributed by atoms with E-state index in [1.165, 1.54) is 38.5 Å². The summed E-state index contributed by atoms with van der Waals surface area (Å²) in [6.07, 6.45) is 10.1. The molecule has 22 heavy (non-hydrogen) atoms. The van der Waals surface area contributed by atoms with Crippen molar-refractivity contribution in [2.75, 3.05) is 13.2 Å². The Morgan fingerprint density at radius 1 is 1.14 bits per heavy atom. The molecule has 1 aliphatic heterocycles. The van der Waals surface area contributed by atoms with E-state index in [1.54, 1.807) is 6.26 Å². The lowest BCUT2D eigenvalue weighted by atomic mass is 10.1. The van der Waals surface area contributed by atoms with Crippen LogP contribution in [0.2, 0.25) is 0 Å². The lowest BCUT2D eigenvalue weighted by Crippen LogP contribution is -2.41. The molecule has 0 aliphatic carbocycles. The maximum Gasteiger partial charge on any atom is 0.149 e. The van der Waals surface area contributed by atoms with Gasteiger partial charge < -0.3 is 24.8 Å². The highest BCUT2D eigenvalue weighted by atomic mass is 16.6. The molecule has 0 aromatic heterocycles. The predicted octanol–water partition coefficient (Wildman–Crippen LogP) is 2.14. The highest BCUT2D eigenvalue weighted by Crippen LogP contribution is 2.19. The van der Waals surface area contributed by atoms with Crippen LogP contribution in [0.15, 0.2) is 12.3 Å². The van der Waals surface area contributed by atoms with Crippen molar-refractivity contribution in [3.05, 3.63) is 12.3 Å². The van der Waals surface area contributed by atoms with Crippen molar-refractivity contribution in [1.29, 1.82) is 0 Å². The largest absolute Gasteiger partial charge is 0.493 e. The van der Waals surface area contributed by atoms with Crippen LogP contribution in [0.1, 0.15) is 58.3 Å². The van der Waals surface area contributed by atoms with Crippen LogP contribution in [-0.4, -0.2) is 52.9 Å². The van der Waals surface area contributed by atoms with Crippen LogP contribution in [0.25, 0.3) is 0 Å². The summed E-state index contributed by atoms with van der Waals surface area (Å²) in [6.45, 7) is 2.05. The fraction of sp³-hybridized carbons (Fsp3) is 0.882. The van der Waals surface area contributed by atoms with Crippen LogP contribution in [0, 0.1) is 0 Å². The average Bonchev–Trinajstić information content (AvgIpc) is 2.85. The molecule has 4 atom stereocenters. The first-order valence-electron chi connectivity index (χ1n) is 8.59. The van der Waals surface area contributed by atoms with Gasteiger partial charge in [-0.05, 0) is 18.9 Å². The number of ether oxygens (including phenoxy) is 2. The minimum atomic E-state index is -1.01. The number of hydrogen-bond donors (Lipinski definition) is 3. The molecular formula is C17H32O5. The molecule has 3 N–H and O–H groups in total.